The van der Waals surface area contributed by atoms with Crippen LogP contribution in [0.3, 0.4) is 0 Å². The molecule has 4 heteroatoms. The SMILES string of the molecule is CCCN(CCC)c1nc(C)nc(C)n1. The molecule has 15 heavy (non-hydrogen) atoms. The van der Waals surface area contributed by atoms with Crippen molar-refractivity contribution in [1.82, 2.24) is 15.0 Å². The Morgan fingerprint density at radius 1 is 0.867 bits per heavy atom. The largest absolute Gasteiger partial charge is 0.341 e. The summed E-state index contributed by atoms with van der Waals surface area (Å²) < 4.78 is 0. The van der Waals surface area contributed by atoms with Crippen LogP contribution >= 0.6 is 0 Å². The van der Waals surface area contributed by atoms with E-state index < -0.39 is 0 Å². The van der Waals surface area contributed by atoms with Crippen molar-refractivity contribution >= 4 is 5.95 Å². The van der Waals surface area contributed by atoms with Crippen molar-refractivity contribution in [2.45, 2.75) is 40.5 Å². The van der Waals surface area contributed by atoms with Gasteiger partial charge in [0, 0.05) is 13.1 Å². The molecule has 0 aromatic carbocycles. The van der Waals surface area contributed by atoms with Gasteiger partial charge < -0.3 is 4.90 Å². The molecular weight excluding hydrogens is 188 g/mol. The monoisotopic (exact) mass is 208 g/mol. The molecular formula is C11H20N4. The first-order valence-electron chi connectivity index (χ1n) is 5.61. The van der Waals surface area contributed by atoms with Gasteiger partial charge in [-0.1, -0.05) is 13.8 Å². The van der Waals surface area contributed by atoms with Gasteiger partial charge in [-0.25, -0.2) is 4.98 Å². The highest BCUT2D eigenvalue weighted by Crippen LogP contribution is 2.08. The first-order chi connectivity index (χ1) is 7.17. The minimum Gasteiger partial charge on any atom is -0.341 e. The Hall–Kier alpha value is -1.19. The first kappa shape index (κ1) is 11.9. The number of aryl methyl sites for hydroxylation is 2. The summed E-state index contributed by atoms with van der Waals surface area (Å²) in [5.74, 6) is 2.42. The minimum atomic E-state index is 0.801. The molecule has 0 aliphatic heterocycles. The van der Waals surface area contributed by atoms with Crippen molar-refractivity contribution in [3.63, 3.8) is 0 Å². The molecule has 4 nitrogen and oxygen atoms in total. The zero-order valence-electron chi connectivity index (χ0n) is 10.1. The van der Waals surface area contributed by atoms with Crippen molar-refractivity contribution in [3.05, 3.63) is 11.6 Å². The first-order valence-corrected chi connectivity index (χ1v) is 5.61. The molecule has 0 aliphatic carbocycles. The Labute approximate surface area is 91.8 Å². The molecule has 0 saturated carbocycles. The third-order valence-corrected chi connectivity index (χ3v) is 2.12. The van der Waals surface area contributed by atoms with Gasteiger partial charge in [-0.3, -0.25) is 0 Å². The van der Waals surface area contributed by atoms with Gasteiger partial charge in [0.15, 0.2) is 0 Å². The second-order valence-corrected chi connectivity index (χ2v) is 3.72. The predicted octanol–water partition coefficient (Wildman–Crippen LogP) is 2.11. The van der Waals surface area contributed by atoms with Crippen molar-refractivity contribution < 1.29 is 0 Å². The van der Waals surface area contributed by atoms with Gasteiger partial charge in [-0.05, 0) is 26.7 Å². The number of anilines is 1. The van der Waals surface area contributed by atoms with Crippen LogP contribution in [0.25, 0.3) is 0 Å². The fourth-order valence-corrected chi connectivity index (χ4v) is 1.59. The van der Waals surface area contributed by atoms with Crippen molar-refractivity contribution in [1.29, 1.82) is 0 Å². The molecule has 0 fully saturated rings. The molecule has 1 aromatic heterocycles. The van der Waals surface area contributed by atoms with Gasteiger partial charge in [0.25, 0.3) is 0 Å². The maximum absolute atomic E-state index is 4.38. The topological polar surface area (TPSA) is 41.9 Å². The second kappa shape index (κ2) is 5.63. The van der Waals surface area contributed by atoms with Crippen LogP contribution in [-0.2, 0) is 0 Å². The van der Waals surface area contributed by atoms with Crippen LogP contribution in [-0.4, -0.2) is 28.0 Å². The molecule has 0 atom stereocenters. The van der Waals surface area contributed by atoms with E-state index in [2.05, 4.69) is 33.7 Å². The normalized spacial score (nSPS) is 10.4. The van der Waals surface area contributed by atoms with E-state index in [1.165, 1.54) is 0 Å². The molecule has 0 spiro atoms. The summed E-state index contributed by atoms with van der Waals surface area (Å²) in [5, 5.41) is 0. The van der Waals surface area contributed by atoms with E-state index in [4.69, 9.17) is 0 Å². The van der Waals surface area contributed by atoms with E-state index in [-0.39, 0.29) is 0 Å². The van der Waals surface area contributed by atoms with Crippen molar-refractivity contribution in [2.75, 3.05) is 18.0 Å². The number of hydrogen-bond donors (Lipinski definition) is 0. The Kier molecular flexibility index (Phi) is 4.46. The fourth-order valence-electron chi connectivity index (χ4n) is 1.59. The van der Waals surface area contributed by atoms with Crippen molar-refractivity contribution in [3.8, 4) is 0 Å². The molecule has 0 amide bonds. The van der Waals surface area contributed by atoms with E-state index >= 15 is 0 Å². The van der Waals surface area contributed by atoms with Crippen LogP contribution in [0.4, 0.5) is 5.95 Å². The van der Waals surface area contributed by atoms with E-state index in [0.717, 1.165) is 43.5 Å². The zero-order chi connectivity index (χ0) is 11.3. The molecule has 0 saturated heterocycles. The third-order valence-electron chi connectivity index (χ3n) is 2.12. The molecule has 0 N–H and O–H groups in total. The van der Waals surface area contributed by atoms with Crippen LogP contribution in [0.2, 0.25) is 0 Å². The lowest BCUT2D eigenvalue weighted by molar-refractivity contribution is 0.709. The standard InChI is InChI=1S/C11H20N4/c1-5-7-15(8-6-2)11-13-9(3)12-10(4)14-11/h5-8H2,1-4H3. The van der Waals surface area contributed by atoms with Gasteiger partial charge in [-0.2, -0.15) is 9.97 Å². The van der Waals surface area contributed by atoms with Gasteiger partial charge in [-0.15, -0.1) is 0 Å². The highest BCUT2D eigenvalue weighted by Gasteiger charge is 2.08. The lowest BCUT2D eigenvalue weighted by atomic mass is 10.4. The maximum Gasteiger partial charge on any atom is 0.228 e. The van der Waals surface area contributed by atoms with E-state index in [1.807, 2.05) is 13.8 Å². The molecule has 84 valence electrons. The summed E-state index contributed by atoms with van der Waals surface area (Å²) in [5.41, 5.74) is 0. The lowest BCUT2D eigenvalue weighted by Gasteiger charge is -2.21. The smallest absolute Gasteiger partial charge is 0.228 e. The average molecular weight is 208 g/mol. The number of hydrogen-bond acceptors (Lipinski definition) is 4. The lowest BCUT2D eigenvalue weighted by Crippen LogP contribution is -2.27. The number of aromatic nitrogens is 3. The van der Waals surface area contributed by atoms with E-state index in [9.17, 15) is 0 Å². The van der Waals surface area contributed by atoms with Gasteiger partial charge >= 0.3 is 0 Å². The van der Waals surface area contributed by atoms with Crippen molar-refractivity contribution in [2.24, 2.45) is 0 Å². The summed E-state index contributed by atoms with van der Waals surface area (Å²) in [6.07, 6.45) is 2.23. The molecule has 0 unspecified atom stereocenters. The van der Waals surface area contributed by atoms with Crippen LogP contribution < -0.4 is 4.90 Å². The Balaban J connectivity index is 2.88. The Bertz CT molecular complexity index is 285. The van der Waals surface area contributed by atoms with Crippen LogP contribution in [0.1, 0.15) is 38.3 Å². The second-order valence-electron chi connectivity index (χ2n) is 3.72. The van der Waals surface area contributed by atoms with Gasteiger partial charge in [0.2, 0.25) is 5.95 Å². The van der Waals surface area contributed by atoms with Gasteiger partial charge in [0.1, 0.15) is 11.6 Å². The maximum atomic E-state index is 4.38. The number of rotatable bonds is 5. The van der Waals surface area contributed by atoms with Crippen LogP contribution in [0.15, 0.2) is 0 Å². The summed E-state index contributed by atoms with van der Waals surface area (Å²) >= 11 is 0. The predicted molar refractivity (Wildman–Crippen MR) is 62.1 cm³/mol. The quantitative estimate of drug-likeness (QED) is 0.743. The molecule has 1 rings (SSSR count). The summed E-state index contributed by atoms with van der Waals surface area (Å²) in [4.78, 5) is 15.2. The molecule has 0 radical (unpaired) electrons. The summed E-state index contributed by atoms with van der Waals surface area (Å²) in [6, 6.07) is 0. The third kappa shape index (κ3) is 3.46. The zero-order valence-corrected chi connectivity index (χ0v) is 10.1. The average Bonchev–Trinajstić information content (AvgIpc) is 2.16. The van der Waals surface area contributed by atoms with Crippen LogP contribution in [0, 0.1) is 13.8 Å². The Morgan fingerprint density at radius 3 is 1.73 bits per heavy atom. The van der Waals surface area contributed by atoms with E-state index in [1.54, 1.807) is 0 Å². The highest BCUT2D eigenvalue weighted by molar-refractivity contribution is 5.29. The van der Waals surface area contributed by atoms with E-state index in [0.29, 0.717) is 0 Å². The molecule has 1 aromatic rings. The molecule has 0 bridgehead atoms. The van der Waals surface area contributed by atoms with Crippen LogP contribution in [0.5, 0.6) is 0 Å². The Morgan fingerprint density at radius 2 is 1.33 bits per heavy atom. The summed E-state index contributed by atoms with van der Waals surface area (Å²) in [7, 11) is 0. The molecule has 1 heterocycles. The number of nitrogens with zero attached hydrogens (tertiary/aromatic N) is 4. The van der Waals surface area contributed by atoms with Gasteiger partial charge in [0.05, 0.1) is 0 Å². The summed E-state index contributed by atoms with van der Waals surface area (Å²) in [6.45, 7) is 10.2. The fraction of sp³-hybridized carbons (Fsp3) is 0.727. The highest BCUT2D eigenvalue weighted by atomic mass is 15.3. The molecule has 0 aliphatic rings. The minimum absolute atomic E-state index is 0.801.